The topological polar surface area (TPSA) is 38.9 Å². The summed E-state index contributed by atoms with van der Waals surface area (Å²) in [5.41, 5.74) is 8.69. The van der Waals surface area contributed by atoms with Crippen LogP contribution in [0.1, 0.15) is 40.4 Å². The van der Waals surface area contributed by atoms with Gasteiger partial charge < -0.3 is 4.98 Å². The van der Waals surface area contributed by atoms with Gasteiger partial charge in [0.15, 0.2) is 0 Å². The number of rotatable bonds is 6. The molecule has 1 saturated carbocycles. The number of hydrogen-bond donors (Lipinski definition) is 0. The maximum Gasteiger partial charge on any atom is 0 e. The average Bonchev–Trinajstić information content (AvgIpc) is 3.82. The summed E-state index contributed by atoms with van der Waals surface area (Å²) in [6.45, 7) is 0. The molecule has 4 heterocycles. The molecule has 1 aliphatic rings. The molecule has 1 aliphatic carbocycles. The van der Waals surface area contributed by atoms with Crippen molar-refractivity contribution in [2.75, 3.05) is 0 Å². The molecule has 0 saturated heterocycles. The van der Waals surface area contributed by atoms with Gasteiger partial charge in [-0.1, -0.05) is 91.6 Å². The fraction of sp³-hybridized carbons (Fsp3) is 0.200. The van der Waals surface area contributed by atoms with Gasteiger partial charge in [-0.15, -0.1) is 23.8 Å². The van der Waals surface area contributed by atoms with Gasteiger partial charge in [-0.3, -0.25) is 0 Å². The fourth-order valence-electron chi connectivity index (χ4n) is 7.70. The second kappa shape index (κ2) is 16.6. The third kappa shape index (κ3) is 8.06. The Labute approximate surface area is 352 Å². The minimum Gasteiger partial charge on any atom is 0 e. The summed E-state index contributed by atoms with van der Waals surface area (Å²) in [7, 11) is 0. The van der Waals surface area contributed by atoms with E-state index in [2.05, 4.69) is 112 Å². The first-order valence-corrected chi connectivity index (χ1v) is 27.5. The van der Waals surface area contributed by atoms with E-state index in [4.69, 9.17) is 7.16 Å². The maximum absolute atomic E-state index is 8.91. The van der Waals surface area contributed by atoms with Gasteiger partial charge in [0.25, 0.3) is 0 Å². The molecule has 1 fully saturated rings. The van der Waals surface area contributed by atoms with E-state index in [1.165, 1.54) is 37.4 Å². The van der Waals surface area contributed by atoms with E-state index < -0.39 is 19.6 Å². The molecule has 281 valence electrons. The first kappa shape index (κ1) is 36.0. The van der Waals surface area contributed by atoms with E-state index in [1.807, 2.05) is 54.7 Å². The number of benzene rings is 5. The van der Waals surface area contributed by atoms with Crippen LogP contribution in [0.2, 0.25) is 17.3 Å². The first-order valence-electron chi connectivity index (χ1n) is 20.3. The van der Waals surface area contributed by atoms with Gasteiger partial charge >= 0.3 is 138 Å². The third-order valence-corrected chi connectivity index (χ3v) is 16.2. The van der Waals surface area contributed by atoms with Crippen molar-refractivity contribution in [3.05, 3.63) is 151 Å². The number of nitrogens with zero attached hydrogens (tertiary/aromatic N) is 2. The molecule has 5 aromatic carbocycles. The molecule has 0 spiro atoms. The number of aromatic nitrogens is 2. The monoisotopic (exact) mass is 989 g/mol. The zero-order valence-electron chi connectivity index (χ0n) is 33.9. The number of thiophene rings is 1. The second-order valence-electron chi connectivity index (χ2n) is 15.6. The van der Waals surface area contributed by atoms with Crippen LogP contribution >= 0.6 is 11.3 Å². The van der Waals surface area contributed by atoms with Gasteiger partial charge in [-0.2, -0.15) is 11.3 Å². The molecule has 0 atom stereocenters. The summed E-state index contributed by atoms with van der Waals surface area (Å²) in [5, 5.41) is 4.70. The van der Waals surface area contributed by atoms with Crippen molar-refractivity contribution < 1.29 is 27.3 Å². The van der Waals surface area contributed by atoms with Crippen LogP contribution in [0.5, 0.6) is 0 Å². The van der Waals surface area contributed by atoms with Gasteiger partial charge in [0, 0.05) is 33.7 Å². The molecule has 0 bridgehead atoms. The molecule has 3 nitrogen and oxygen atoms in total. The summed E-state index contributed by atoms with van der Waals surface area (Å²) < 4.78 is 27.5. The Morgan fingerprint density at radius 2 is 1.55 bits per heavy atom. The predicted molar refractivity (Wildman–Crippen MR) is 236 cm³/mol. The van der Waals surface area contributed by atoms with Gasteiger partial charge in [0.2, 0.25) is 0 Å². The Hall–Kier alpha value is -4.39. The Morgan fingerprint density at radius 1 is 0.732 bits per heavy atom. The largest absolute Gasteiger partial charge is 0 e. The summed E-state index contributed by atoms with van der Waals surface area (Å²) in [4.78, 5) is 9.33. The normalized spacial score (nSPS) is 14.3. The first-order chi connectivity index (χ1) is 27.6. The van der Waals surface area contributed by atoms with Crippen molar-refractivity contribution in [3.8, 4) is 33.6 Å². The molecule has 56 heavy (non-hydrogen) atoms. The Morgan fingerprint density at radius 3 is 2.36 bits per heavy atom. The van der Waals surface area contributed by atoms with E-state index in [9.17, 15) is 0 Å². The number of para-hydroxylation sites is 1. The minimum absolute atomic E-state index is 0. The van der Waals surface area contributed by atoms with Crippen LogP contribution in [0, 0.1) is 18.1 Å². The van der Waals surface area contributed by atoms with Crippen molar-refractivity contribution in [3.63, 3.8) is 0 Å². The van der Waals surface area contributed by atoms with Crippen molar-refractivity contribution in [2.45, 2.75) is 55.7 Å². The van der Waals surface area contributed by atoms with Gasteiger partial charge in [0.05, 0.1) is 0 Å². The Bertz CT molecular complexity index is 2860. The Kier molecular flexibility index (Phi) is 10.7. The second-order valence-corrected chi connectivity index (χ2v) is 27.3. The number of pyridine rings is 2. The standard InChI is InChI=1S/C30H26NS.C20H18GeNO.Ir/c1-3-8-21(9-4-1)18-22-16-17-31-28(19-22)27-13-7-12-26-25-15-14-24(20-29(25)32-30(26)27)23-10-5-2-6-11-23;1-21(2,3)15-9-10-18(22-13-15)14-8-11-20-17(12-14)16-6-4-5-7-19(16)23-20;/h2,5-7,10-12,14-17,19-21H,1,3-4,8-9,18H2;4-7,9-13H,1-3H3;/q2*-1;/i18D2;;. The van der Waals surface area contributed by atoms with Gasteiger partial charge in [-0.25, -0.2) is 0 Å². The number of fused-ring (bicyclic) bond motifs is 6. The molecule has 0 unspecified atom stereocenters. The molecule has 6 heteroatoms. The molecule has 10 rings (SSSR count). The van der Waals surface area contributed by atoms with Gasteiger partial charge in [0.1, 0.15) is 0 Å². The average molecular weight is 988 g/mol. The maximum atomic E-state index is 8.91. The number of hydrogen-bond acceptors (Lipinski definition) is 4. The van der Waals surface area contributed by atoms with E-state index >= 15 is 0 Å². The van der Waals surface area contributed by atoms with Crippen LogP contribution < -0.4 is 4.40 Å². The summed E-state index contributed by atoms with van der Waals surface area (Å²) >= 11 is -0.0445. The van der Waals surface area contributed by atoms with Crippen molar-refractivity contribution in [1.29, 1.82) is 0 Å². The van der Waals surface area contributed by atoms with Crippen LogP contribution in [-0.4, -0.2) is 23.2 Å². The minimum atomic E-state index is -1.81. The third-order valence-electron chi connectivity index (χ3n) is 10.7. The van der Waals surface area contributed by atoms with Gasteiger partial charge in [-0.05, 0) is 51.3 Å². The summed E-state index contributed by atoms with van der Waals surface area (Å²) in [6.07, 6.45) is 7.88. The van der Waals surface area contributed by atoms with E-state index in [0.29, 0.717) is 0 Å². The Balaban J connectivity index is 0.000000171. The molecule has 4 aromatic heterocycles. The predicted octanol–water partition coefficient (Wildman–Crippen LogP) is 13.7. The quantitative estimate of drug-likeness (QED) is 0.123. The zero-order chi connectivity index (χ0) is 39.1. The smallest absolute Gasteiger partial charge is 0 e. The van der Waals surface area contributed by atoms with Crippen LogP contribution in [0.3, 0.4) is 0 Å². The van der Waals surface area contributed by atoms with E-state index in [0.717, 1.165) is 80.4 Å². The molecule has 0 aliphatic heterocycles. The van der Waals surface area contributed by atoms with E-state index in [1.54, 1.807) is 17.5 Å². The molecule has 9 aromatic rings. The van der Waals surface area contributed by atoms with Crippen LogP contribution in [-0.2, 0) is 26.5 Å². The van der Waals surface area contributed by atoms with Crippen LogP contribution in [0.4, 0.5) is 0 Å². The zero-order valence-corrected chi connectivity index (χ0v) is 37.2. The van der Waals surface area contributed by atoms with Crippen molar-refractivity contribution in [1.82, 2.24) is 9.97 Å². The van der Waals surface area contributed by atoms with Crippen LogP contribution in [0.25, 0.3) is 75.8 Å². The molecule has 0 N–H and O–H groups in total. The molecular weight excluding hydrogens is 941 g/mol. The van der Waals surface area contributed by atoms with Crippen molar-refractivity contribution in [2.24, 2.45) is 5.92 Å². The fourth-order valence-corrected chi connectivity index (χ4v) is 11.1. The van der Waals surface area contributed by atoms with Crippen molar-refractivity contribution >= 4 is 71.1 Å². The molecule has 0 amide bonds. The summed E-state index contributed by atoms with van der Waals surface area (Å²) in [5.74, 6) is 7.22. The number of furan rings is 1. The summed E-state index contributed by atoms with van der Waals surface area (Å²) in [6, 6.07) is 48.3. The molecular formula is C50H44GeIrN2OS-2. The van der Waals surface area contributed by atoms with E-state index in [-0.39, 0.29) is 26.0 Å². The molecule has 1 radical (unpaired) electrons. The van der Waals surface area contributed by atoms with Crippen LogP contribution in [0.15, 0.2) is 138 Å². The SMILES string of the molecule is [2H]C([2H])(c1ccnc(-c2[c-]ccc3c2sc2cc(-c4ccccc4)ccc23)c1)C1CCCCC1.[CH3][Ge]([CH3])([CH3])[c]1ccc(-c2[c-]cc3oc4ccccc4c3c2)nc1.[Ir].